The number of rotatable bonds is 7. The molecule has 2 unspecified atom stereocenters. The zero-order valence-corrected chi connectivity index (χ0v) is 11.5. The molecule has 0 spiro atoms. The highest BCUT2D eigenvalue weighted by Crippen LogP contribution is 2.22. The van der Waals surface area contributed by atoms with Crippen molar-refractivity contribution in [3.05, 3.63) is 35.9 Å². The molecule has 1 aromatic rings. The molecular formula is C15H23NO3. The summed E-state index contributed by atoms with van der Waals surface area (Å²) in [5.74, 6) is 0. The van der Waals surface area contributed by atoms with E-state index in [9.17, 15) is 5.11 Å². The number of ether oxygens (including phenoxy) is 2. The molecule has 0 aromatic heterocycles. The largest absolute Gasteiger partial charge is 0.394 e. The minimum absolute atomic E-state index is 0.00241. The lowest BCUT2D eigenvalue weighted by atomic mass is 9.91. The molecule has 0 amide bonds. The minimum atomic E-state index is -0.554. The van der Waals surface area contributed by atoms with E-state index in [0.717, 1.165) is 31.6 Å². The molecule has 1 aliphatic heterocycles. The molecule has 2 N–H and O–H groups in total. The predicted molar refractivity (Wildman–Crippen MR) is 74.1 cm³/mol. The highest BCUT2D eigenvalue weighted by atomic mass is 16.5. The molecule has 19 heavy (non-hydrogen) atoms. The van der Waals surface area contributed by atoms with Gasteiger partial charge in [-0.15, -0.1) is 0 Å². The van der Waals surface area contributed by atoms with Crippen molar-refractivity contribution in [2.75, 3.05) is 33.5 Å². The number of benzene rings is 1. The van der Waals surface area contributed by atoms with Crippen LogP contribution in [0.3, 0.4) is 0 Å². The smallest absolute Gasteiger partial charge is 0.0906 e. The first kappa shape index (κ1) is 14.5. The van der Waals surface area contributed by atoms with Gasteiger partial charge >= 0.3 is 0 Å². The fraction of sp³-hybridized carbons (Fsp3) is 0.600. The van der Waals surface area contributed by atoms with Gasteiger partial charge in [0.05, 0.1) is 24.9 Å². The molecule has 0 radical (unpaired) electrons. The maximum atomic E-state index is 9.85. The Balaban J connectivity index is 2.09. The van der Waals surface area contributed by atoms with Crippen LogP contribution in [0.1, 0.15) is 18.4 Å². The van der Waals surface area contributed by atoms with E-state index >= 15 is 0 Å². The molecular weight excluding hydrogens is 242 g/mol. The van der Waals surface area contributed by atoms with Crippen molar-refractivity contribution in [1.82, 2.24) is 5.32 Å². The van der Waals surface area contributed by atoms with Crippen LogP contribution in [0.4, 0.5) is 0 Å². The van der Waals surface area contributed by atoms with Gasteiger partial charge < -0.3 is 19.9 Å². The third-order valence-corrected chi connectivity index (χ3v) is 3.68. The Morgan fingerprint density at radius 3 is 2.79 bits per heavy atom. The molecule has 1 aromatic carbocycles. The van der Waals surface area contributed by atoms with Crippen molar-refractivity contribution >= 4 is 0 Å². The Morgan fingerprint density at radius 1 is 1.42 bits per heavy atom. The third kappa shape index (κ3) is 3.54. The average molecular weight is 265 g/mol. The van der Waals surface area contributed by atoms with E-state index in [-0.39, 0.29) is 12.7 Å². The number of methoxy groups -OCH3 is 1. The van der Waals surface area contributed by atoms with Crippen molar-refractivity contribution in [2.24, 2.45) is 0 Å². The van der Waals surface area contributed by atoms with Gasteiger partial charge in [-0.05, 0) is 18.4 Å². The molecule has 0 aliphatic carbocycles. The summed E-state index contributed by atoms with van der Waals surface area (Å²) in [6, 6.07) is 9.94. The van der Waals surface area contributed by atoms with Crippen LogP contribution >= 0.6 is 0 Å². The molecule has 1 heterocycles. The summed E-state index contributed by atoms with van der Waals surface area (Å²) in [4.78, 5) is 0. The topological polar surface area (TPSA) is 50.7 Å². The van der Waals surface area contributed by atoms with E-state index in [0.29, 0.717) is 6.61 Å². The number of aliphatic hydroxyl groups is 1. The third-order valence-electron chi connectivity index (χ3n) is 3.68. The summed E-state index contributed by atoms with van der Waals surface area (Å²) in [5.41, 5.74) is 0.486. The second kappa shape index (κ2) is 7.01. The van der Waals surface area contributed by atoms with Crippen molar-refractivity contribution in [3.63, 3.8) is 0 Å². The van der Waals surface area contributed by atoms with Gasteiger partial charge in [0, 0.05) is 20.3 Å². The number of aliphatic hydroxyl groups excluding tert-OH is 1. The molecule has 1 fully saturated rings. The molecule has 4 heteroatoms. The van der Waals surface area contributed by atoms with Gasteiger partial charge in [-0.1, -0.05) is 30.3 Å². The fourth-order valence-corrected chi connectivity index (χ4v) is 2.55. The van der Waals surface area contributed by atoms with Crippen LogP contribution in [0.5, 0.6) is 0 Å². The zero-order valence-electron chi connectivity index (χ0n) is 11.5. The lowest BCUT2D eigenvalue weighted by Gasteiger charge is -2.34. The SMILES string of the molecule is COCC(CO)(NCC1CCCO1)c1ccccc1. The highest BCUT2D eigenvalue weighted by Gasteiger charge is 2.32. The lowest BCUT2D eigenvalue weighted by molar-refractivity contribution is 0.0423. The van der Waals surface area contributed by atoms with Crippen molar-refractivity contribution in [2.45, 2.75) is 24.5 Å². The van der Waals surface area contributed by atoms with Crippen LogP contribution in [-0.2, 0) is 15.0 Å². The van der Waals surface area contributed by atoms with Gasteiger partial charge in [-0.3, -0.25) is 0 Å². The van der Waals surface area contributed by atoms with Gasteiger partial charge in [-0.2, -0.15) is 0 Å². The maximum Gasteiger partial charge on any atom is 0.0906 e. The van der Waals surface area contributed by atoms with Crippen molar-refractivity contribution in [1.29, 1.82) is 0 Å². The molecule has 1 aliphatic rings. The molecule has 2 rings (SSSR count). The first-order valence-corrected chi connectivity index (χ1v) is 6.83. The monoisotopic (exact) mass is 265 g/mol. The Kier molecular flexibility index (Phi) is 5.34. The van der Waals surface area contributed by atoms with Gasteiger partial charge in [0.25, 0.3) is 0 Å². The second-order valence-corrected chi connectivity index (χ2v) is 5.06. The number of nitrogens with one attached hydrogen (secondary N) is 1. The minimum Gasteiger partial charge on any atom is -0.394 e. The van der Waals surface area contributed by atoms with Gasteiger partial charge in [0.15, 0.2) is 0 Å². The maximum absolute atomic E-state index is 9.85. The van der Waals surface area contributed by atoms with E-state index in [2.05, 4.69) is 5.32 Å². The zero-order chi connectivity index (χ0) is 13.6. The van der Waals surface area contributed by atoms with Crippen LogP contribution in [0.2, 0.25) is 0 Å². The van der Waals surface area contributed by atoms with Crippen molar-refractivity contribution in [3.8, 4) is 0 Å². The lowest BCUT2D eigenvalue weighted by Crippen LogP contribution is -2.51. The van der Waals surface area contributed by atoms with Crippen LogP contribution < -0.4 is 5.32 Å². The summed E-state index contributed by atoms with van der Waals surface area (Å²) >= 11 is 0. The summed E-state index contributed by atoms with van der Waals surface area (Å²) in [6.45, 7) is 2.00. The molecule has 4 nitrogen and oxygen atoms in total. The Hall–Kier alpha value is -0.940. The van der Waals surface area contributed by atoms with Gasteiger partial charge in [0.2, 0.25) is 0 Å². The predicted octanol–water partition coefficient (Wildman–Crippen LogP) is 1.29. The molecule has 0 bridgehead atoms. The van der Waals surface area contributed by atoms with Crippen LogP contribution in [0.15, 0.2) is 30.3 Å². The van der Waals surface area contributed by atoms with Crippen molar-refractivity contribution < 1.29 is 14.6 Å². The molecule has 1 saturated heterocycles. The number of hydrogen-bond donors (Lipinski definition) is 2. The van der Waals surface area contributed by atoms with Gasteiger partial charge in [0.1, 0.15) is 0 Å². The molecule has 106 valence electrons. The standard InChI is InChI=1S/C15H23NO3/c1-18-12-15(11-17,13-6-3-2-4-7-13)16-10-14-8-5-9-19-14/h2-4,6-7,14,16-17H,5,8-12H2,1H3. The Labute approximate surface area is 114 Å². The molecule has 2 atom stereocenters. The first-order chi connectivity index (χ1) is 9.30. The van der Waals surface area contributed by atoms with Crippen LogP contribution in [0.25, 0.3) is 0 Å². The summed E-state index contributed by atoms with van der Waals surface area (Å²) < 4.78 is 10.9. The second-order valence-electron chi connectivity index (χ2n) is 5.06. The Morgan fingerprint density at radius 2 is 2.21 bits per heavy atom. The first-order valence-electron chi connectivity index (χ1n) is 6.83. The highest BCUT2D eigenvalue weighted by molar-refractivity contribution is 5.25. The van der Waals surface area contributed by atoms with Crippen LogP contribution in [0, 0.1) is 0 Å². The molecule has 0 saturated carbocycles. The van der Waals surface area contributed by atoms with Crippen LogP contribution in [-0.4, -0.2) is 44.7 Å². The van der Waals surface area contributed by atoms with E-state index in [4.69, 9.17) is 9.47 Å². The quantitative estimate of drug-likeness (QED) is 0.780. The number of hydrogen-bond acceptors (Lipinski definition) is 4. The van der Waals surface area contributed by atoms with E-state index < -0.39 is 5.54 Å². The fourth-order valence-electron chi connectivity index (χ4n) is 2.55. The van der Waals surface area contributed by atoms with Gasteiger partial charge in [-0.25, -0.2) is 0 Å². The van der Waals surface area contributed by atoms with E-state index in [1.165, 1.54) is 0 Å². The summed E-state index contributed by atoms with van der Waals surface area (Å²) in [5, 5.41) is 13.3. The normalized spacial score (nSPS) is 22.3. The Bertz CT molecular complexity index is 365. The average Bonchev–Trinajstić information content (AvgIpc) is 2.98. The van der Waals surface area contributed by atoms with E-state index in [1.54, 1.807) is 7.11 Å². The summed E-state index contributed by atoms with van der Waals surface area (Å²) in [6.07, 6.45) is 2.44. The summed E-state index contributed by atoms with van der Waals surface area (Å²) in [7, 11) is 1.65. The van der Waals surface area contributed by atoms with E-state index in [1.807, 2.05) is 30.3 Å².